The normalized spacial score (nSPS) is 15.1. The Balaban J connectivity index is 1.68. The Morgan fingerprint density at radius 2 is 1.70 bits per heavy atom. The smallest absolute Gasteiger partial charge is 0.335 e. The highest BCUT2D eigenvalue weighted by atomic mass is 79.9. The van der Waals surface area contributed by atoms with E-state index in [9.17, 15) is 14.4 Å². The van der Waals surface area contributed by atoms with Crippen molar-refractivity contribution in [3.05, 3.63) is 97.9 Å². The minimum atomic E-state index is -0.881. The molecule has 0 atom stereocenters. The van der Waals surface area contributed by atoms with Crippen LogP contribution in [0.15, 0.2) is 76.8 Å². The average Bonchev–Trinajstić information content (AvgIpc) is 2.78. The third kappa shape index (κ3) is 5.11. The monoisotopic (exact) mass is 544 g/mol. The van der Waals surface area contributed by atoms with Crippen LogP contribution >= 0.6 is 39.1 Å². The van der Waals surface area contributed by atoms with E-state index in [1.54, 1.807) is 36.4 Å². The number of carbonyl (C=O) groups excluding carboxylic acids is 3. The van der Waals surface area contributed by atoms with Gasteiger partial charge < -0.3 is 4.74 Å². The number of barbiturate groups is 1. The van der Waals surface area contributed by atoms with E-state index in [-0.39, 0.29) is 22.9 Å². The van der Waals surface area contributed by atoms with Crippen molar-refractivity contribution in [1.82, 2.24) is 5.32 Å². The third-order valence-electron chi connectivity index (χ3n) is 4.77. The zero-order chi connectivity index (χ0) is 23.5. The molecule has 1 N–H and O–H groups in total. The summed E-state index contributed by atoms with van der Waals surface area (Å²) in [6.45, 7) is 0.259. The summed E-state index contributed by atoms with van der Waals surface area (Å²) in [5, 5.41) is 2.76. The Bertz CT molecular complexity index is 1290. The third-order valence-corrected chi connectivity index (χ3v) is 5.86. The SMILES string of the molecule is O=C1NC(=O)N(c2ccccc2Cl)C(=O)/C1=C/c1cc(Cl)ccc1OCc1ccc(Br)cc1. The van der Waals surface area contributed by atoms with Gasteiger partial charge >= 0.3 is 6.03 Å². The van der Waals surface area contributed by atoms with Crippen molar-refractivity contribution in [2.45, 2.75) is 6.61 Å². The van der Waals surface area contributed by atoms with Crippen LogP contribution in [0.2, 0.25) is 10.0 Å². The number of hydrogen-bond acceptors (Lipinski definition) is 4. The molecule has 0 aromatic heterocycles. The second kappa shape index (κ2) is 9.79. The molecule has 9 heteroatoms. The van der Waals surface area contributed by atoms with Crippen molar-refractivity contribution in [1.29, 1.82) is 0 Å². The van der Waals surface area contributed by atoms with Crippen molar-refractivity contribution < 1.29 is 19.1 Å². The molecule has 0 unspecified atom stereocenters. The zero-order valence-electron chi connectivity index (χ0n) is 16.8. The molecule has 0 spiro atoms. The van der Waals surface area contributed by atoms with Crippen LogP contribution in [-0.4, -0.2) is 17.8 Å². The second-order valence-electron chi connectivity index (χ2n) is 7.01. The largest absolute Gasteiger partial charge is 0.488 e. The van der Waals surface area contributed by atoms with Crippen LogP contribution in [0, 0.1) is 0 Å². The highest BCUT2D eigenvalue weighted by molar-refractivity contribution is 9.10. The number of halogens is 3. The lowest BCUT2D eigenvalue weighted by molar-refractivity contribution is -0.122. The van der Waals surface area contributed by atoms with Crippen LogP contribution in [-0.2, 0) is 16.2 Å². The van der Waals surface area contributed by atoms with Crippen molar-refractivity contribution in [3.63, 3.8) is 0 Å². The standard InChI is InChI=1S/C24H15BrCl2N2O4/c25-16-7-5-14(6-8-16)13-33-21-10-9-17(26)11-15(21)12-18-22(30)28-24(32)29(23(18)31)20-4-2-1-3-19(20)27/h1-12H,13H2,(H,28,30,32)/b18-12+. The predicted octanol–water partition coefficient (Wildman–Crippen LogP) is 6.00. The zero-order valence-corrected chi connectivity index (χ0v) is 19.9. The van der Waals surface area contributed by atoms with E-state index in [4.69, 9.17) is 27.9 Å². The quantitative estimate of drug-likeness (QED) is 0.315. The Morgan fingerprint density at radius 1 is 0.970 bits per heavy atom. The van der Waals surface area contributed by atoms with Crippen LogP contribution < -0.4 is 15.0 Å². The minimum Gasteiger partial charge on any atom is -0.488 e. The average molecular weight is 546 g/mol. The number of nitrogens with one attached hydrogen (secondary N) is 1. The predicted molar refractivity (Wildman–Crippen MR) is 130 cm³/mol. The molecule has 33 heavy (non-hydrogen) atoms. The number of benzene rings is 3. The minimum absolute atomic E-state index is 0.165. The van der Waals surface area contributed by atoms with Gasteiger partial charge in [0.15, 0.2) is 0 Å². The summed E-state index contributed by atoms with van der Waals surface area (Å²) in [5.41, 5.74) is 1.24. The van der Waals surface area contributed by atoms with Gasteiger partial charge in [-0.2, -0.15) is 0 Å². The molecule has 3 aromatic carbocycles. The van der Waals surface area contributed by atoms with Crippen molar-refractivity contribution >= 4 is 68.7 Å². The number of ether oxygens (including phenoxy) is 1. The van der Waals surface area contributed by atoms with Crippen molar-refractivity contribution in [2.24, 2.45) is 0 Å². The van der Waals surface area contributed by atoms with E-state index >= 15 is 0 Å². The van der Waals surface area contributed by atoms with Gasteiger partial charge in [0.1, 0.15) is 17.9 Å². The number of urea groups is 1. The van der Waals surface area contributed by atoms with Gasteiger partial charge in [0, 0.05) is 15.1 Å². The van der Waals surface area contributed by atoms with E-state index in [2.05, 4.69) is 21.2 Å². The lowest BCUT2D eigenvalue weighted by Gasteiger charge is -2.27. The van der Waals surface area contributed by atoms with Gasteiger partial charge in [-0.3, -0.25) is 14.9 Å². The number of anilines is 1. The molecule has 0 saturated carbocycles. The molecule has 1 heterocycles. The number of imide groups is 2. The van der Waals surface area contributed by atoms with Gasteiger partial charge in [-0.25, -0.2) is 9.69 Å². The van der Waals surface area contributed by atoms with Crippen molar-refractivity contribution in [2.75, 3.05) is 4.90 Å². The molecule has 6 nitrogen and oxygen atoms in total. The molecule has 166 valence electrons. The molecule has 1 saturated heterocycles. The first-order valence-corrected chi connectivity index (χ1v) is 11.2. The number of nitrogens with zero attached hydrogens (tertiary/aromatic N) is 1. The number of para-hydroxylation sites is 1. The Morgan fingerprint density at radius 3 is 2.42 bits per heavy atom. The molecule has 0 bridgehead atoms. The molecular weight excluding hydrogens is 531 g/mol. The van der Waals surface area contributed by atoms with Gasteiger partial charge in [0.25, 0.3) is 11.8 Å². The fraction of sp³-hybridized carbons (Fsp3) is 0.0417. The lowest BCUT2D eigenvalue weighted by Crippen LogP contribution is -2.54. The lowest BCUT2D eigenvalue weighted by atomic mass is 10.1. The first-order chi connectivity index (χ1) is 15.8. The number of hydrogen-bond donors (Lipinski definition) is 1. The molecule has 1 fully saturated rings. The molecule has 1 aliphatic heterocycles. The van der Waals surface area contributed by atoms with Crippen LogP contribution in [0.1, 0.15) is 11.1 Å². The van der Waals surface area contributed by atoms with Gasteiger partial charge in [0.05, 0.1) is 10.7 Å². The first-order valence-electron chi connectivity index (χ1n) is 9.66. The summed E-state index contributed by atoms with van der Waals surface area (Å²) in [6, 6.07) is 17.9. The maximum absolute atomic E-state index is 13.1. The molecule has 4 rings (SSSR count). The topological polar surface area (TPSA) is 75.7 Å². The summed E-state index contributed by atoms with van der Waals surface area (Å²) in [4.78, 5) is 38.9. The molecule has 3 aromatic rings. The van der Waals surface area contributed by atoms with Gasteiger partial charge in [-0.1, -0.05) is 63.4 Å². The summed E-state index contributed by atoms with van der Waals surface area (Å²) in [6.07, 6.45) is 1.34. The Kier molecular flexibility index (Phi) is 6.83. The molecule has 0 aliphatic carbocycles. The summed E-state index contributed by atoms with van der Waals surface area (Å²) in [7, 11) is 0. The maximum atomic E-state index is 13.1. The molecular formula is C24H15BrCl2N2O4. The van der Waals surface area contributed by atoms with Crippen LogP contribution in [0.25, 0.3) is 6.08 Å². The highest BCUT2D eigenvalue weighted by Crippen LogP contribution is 2.31. The molecule has 4 amide bonds. The fourth-order valence-corrected chi connectivity index (χ4v) is 3.84. The van der Waals surface area contributed by atoms with Gasteiger partial charge in [-0.05, 0) is 54.1 Å². The number of amides is 4. The van der Waals surface area contributed by atoms with E-state index < -0.39 is 17.8 Å². The van der Waals surface area contributed by atoms with Crippen LogP contribution in [0.4, 0.5) is 10.5 Å². The summed E-state index contributed by atoms with van der Waals surface area (Å²) in [5.74, 6) is -1.22. The summed E-state index contributed by atoms with van der Waals surface area (Å²) < 4.78 is 6.87. The van der Waals surface area contributed by atoms with Gasteiger partial charge in [0.2, 0.25) is 0 Å². The molecule has 1 aliphatic rings. The fourth-order valence-electron chi connectivity index (χ4n) is 3.17. The van der Waals surface area contributed by atoms with E-state index in [0.717, 1.165) is 14.9 Å². The maximum Gasteiger partial charge on any atom is 0.335 e. The Labute approximate surface area is 207 Å². The van der Waals surface area contributed by atoms with E-state index in [1.807, 2.05) is 24.3 Å². The Hall–Kier alpha value is -3.13. The van der Waals surface area contributed by atoms with E-state index in [1.165, 1.54) is 12.1 Å². The van der Waals surface area contributed by atoms with Crippen LogP contribution in [0.5, 0.6) is 5.75 Å². The number of rotatable bonds is 5. The second-order valence-corrected chi connectivity index (χ2v) is 8.77. The highest BCUT2D eigenvalue weighted by Gasteiger charge is 2.37. The number of carbonyl (C=O) groups is 3. The first kappa shape index (κ1) is 23.0. The van der Waals surface area contributed by atoms with Crippen LogP contribution in [0.3, 0.4) is 0 Å². The van der Waals surface area contributed by atoms with E-state index in [0.29, 0.717) is 16.3 Å². The van der Waals surface area contributed by atoms with Gasteiger partial charge in [-0.15, -0.1) is 0 Å². The van der Waals surface area contributed by atoms with Crippen molar-refractivity contribution in [3.8, 4) is 5.75 Å². The summed E-state index contributed by atoms with van der Waals surface area (Å²) >= 11 is 15.7. The molecule has 0 radical (unpaired) electrons.